The van der Waals surface area contributed by atoms with E-state index in [4.69, 9.17) is 20.5 Å². The van der Waals surface area contributed by atoms with Crippen molar-refractivity contribution in [3.63, 3.8) is 0 Å². The normalized spacial score (nSPS) is 24.3. The minimum atomic E-state index is -0.224. The number of primary amides is 1. The number of methoxy groups -OCH3 is 1. The van der Waals surface area contributed by atoms with Crippen molar-refractivity contribution >= 4 is 5.91 Å². The molecule has 0 spiro atoms. The summed E-state index contributed by atoms with van der Waals surface area (Å²) >= 11 is 0. The molecule has 2 atom stereocenters. The number of nitrogens with zero attached hydrogens (tertiary/aromatic N) is 2. The van der Waals surface area contributed by atoms with Crippen LogP contribution in [0.4, 0.5) is 0 Å². The van der Waals surface area contributed by atoms with Gasteiger partial charge >= 0.3 is 0 Å². The highest BCUT2D eigenvalue weighted by molar-refractivity contribution is 5.77. The Bertz CT molecular complexity index is 677. The van der Waals surface area contributed by atoms with Crippen molar-refractivity contribution in [1.82, 2.24) is 4.90 Å². The van der Waals surface area contributed by atoms with E-state index in [1.165, 1.54) is 0 Å². The van der Waals surface area contributed by atoms with Gasteiger partial charge in [-0.2, -0.15) is 5.26 Å². The van der Waals surface area contributed by atoms with E-state index < -0.39 is 0 Å². The van der Waals surface area contributed by atoms with Crippen molar-refractivity contribution in [3.05, 3.63) is 29.3 Å². The fraction of sp³-hybridized carbons (Fsp3) is 0.600. The summed E-state index contributed by atoms with van der Waals surface area (Å²) in [7, 11) is 1.64. The van der Waals surface area contributed by atoms with Crippen LogP contribution in [-0.4, -0.2) is 43.7 Å². The predicted molar refractivity (Wildman–Crippen MR) is 97.4 cm³/mol. The predicted octanol–water partition coefficient (Wildman–Crippen LogP) is 2.06. The van der Waals surface area contributed by atoms with E-state index in [1.54, 1.807) is 13.2 Å². The SMILES string of the molecule is COc1cc(C#N)ccc1CN1CCC(C[C@H]2OCC[C@H]2C(N)=O)CC1. The van der Waals surface area contributed by atoms with E-state index >= 15 is 0 Å². The van der Waals surface area contributed by atoms with E-state index in [-0.39, 0.29) is 17.9 Å². The molecule has 2 fully saturated rings. The lowest BCUT2D eigenvalue weighted by Gasteiger charge is -2.33. The Balaban J connectivity index is 1.51. The molecular formula is C20H27N3O3. The van der Waals surface area contributed by atoms with E-state index in [0.717, 1.165) is 56.6 Å². The molecule has 140 valence electrons. The molecule has 6 heteroatoms. The van der Waals surface area contributed by atoms with Crippen LogP contribution in [0.2, 0.25) is 0 Å². The van der Waals surface area contributed by atoms with Gasteiger partial charge < -0.3 is 15.2 Å². The quantitative estimate of drug-likeness (QED) is 0.842. The number of hydrogen-bond acceptors (Lipinski definition) is 5. The van der Waals surface area contributed by atoms with Crippen LogP contribution in [0.25, 0.3) is 0 Å². The fourth-order valence-corrected chi connectivity index (χ4v) is 4.10. The summed E-state index contributed by atoms with van der Waals surface area (Å²) in [5.74, 6) is 1.02. The lowest BCUT2D eigenvalue weighted by Crippen LogP contribution is -2.36. The molecule has 1 amide bonds. The third-order valence-corrected chi connectivity index (χ3v) is 5.66. The number of likely N-dealkylation sites (tertiary alicyclic amines) is 1. The molecular weight excluding hydrogens is 330 g/mol. The van der Waals surface area contributed by atoms with Gasteiger partial charge in [-0.25, -0.2) is 0 Å². The van der Waals surface area contributed by atoms with Crippen molar-refractivity contribution < 1.29 is 14.3 Å². The van der Waals surface area contributed by atoms with Crippen LogP contribution in [0.15, 0.2) is 18.2 Å². The largest absolute Gasteiger partial charge is 0.496 e. The maximum atomic E-state index is 11.5. The van der Waals surface area contributed by atoms with Crippen LogP contribution in [0.5, 0.6) is 5.75 Å². The highest BCUT2D eigenvalue weighted by Crippen LogP contribution is 2.31. The highest BCUT2D eigenvalue weighted by Gasteiger charge is 2.35. The molecule has 1 aromatic rings. The summed E-state index contributed by atoms with van der Waals surface area (Å²) in [4.78, 5) is 13.9. The first kappa shape index (κ1) is 18.7. The van der Waals surface area contributed by atoms with Crippen LogP contribution in [-0.2, 0) is 16.1 Å². The third-order valence-electron chi connectivity index (χ3n) is 5.66. The van der Waals surface area contributed by atoms with Gasteiger partial charge in [-0.05, 0) is 56.8 Å². The Morgan fingerprint density at radius 3 is 2.81 bits per heavy atom. The Kier molecular flexibility index (Phi) is 6.12. The monoisotopic (exact) mass is 357 g/mol. The van der Waals surface area contributed by atoms with Gasteiger partial charge in [0.25, 0.3) is 0 Å². The molecule has 0 bridgehead atoms. The van der Waals surface area contributed by atoms with Gasteiger partial charge in [0.05, 0.1) is 30.8 Å². The van der Waals surface area contributed by atoms with E-state index in [0.29, 0.717) is 18.1 Å². The number of carbonyl (C=O) groups excluding carboxylic acids is 1. The van der Waals surface area contributed by atoms with Crippen LogP contribution >= 0.6 is 0 Å². The maximum Gasteiger partial charge on any atom is 0.223 e. The second-order valence-corrected chi connectivity index (χ2v) is 7.30. The molecule has 0 aliphatic carbocycles. The van der Waals surface area contributed by atoms with Gasteiger partial charge in [-0.15, -0.1) is 0 Å². The summed E-state index contributed by atoms with van der Waals surface area (Å²) in [6, 6.07) is 7.76. The smallest absolute Gasteiger partial charge is 0.223 e. The molecule has 3 rings (SSSR count). The Morgan fingerprint density at radius 2 is 2.15 bits per heavy atom. The van der Waals surface area contributed by atoms with Gasteiger partial charge in [0, 0.05) is 18.7 Å². The minimum absolute atomic E-state index is 0.00247. The van der Waals surface area contributed by atoms with Gasteiger partial charge in [0.1, 0.15) is 5.75 Å². The zero-order chi connectivity index (χ0) is 18.5. The van der Waals surface area contributed by atoms with Gasteiger partial charge in [0.2, 0.25) is 5.91 Å². The summed E-state index contributed by atoms with van der Waals surface area (Å²) in [6.07, 6.45) is 3.90. The molecule has 1 aromatic carbocycles. The van der Waals surface area contributed by atoms with Crippen LogP contribution in [0, 0.1) is 23.2 Å². The molecule has 0 saturated carbocycles. The molecule has 26 heavy (non-hydrogen) atoms. The number of hydrogen-bond donors (Lipinski definition) is 1. The van der Waals surface area contributed by atoms with Gasteiger partial charge in [0.15, 0.2) is 0 Å². The number of carbonyl (C=O) groups is 1. The van der Waals surface area contributed by atoms with Crippen LogP contribution < -0.4 is 10.5 Å². The minimum Gasteiger partial charge on any atom is -0.496 e. The molecule has 0 unspecified atom stereocenters. The molecule has 2 N–H and O–H groups in total. The first-order valence-corrected chi connectivity index (χ1v) is 9.31. The fourth-order valence-electron chi connectivity index (χ4n) is 4.10. The summed E-state index contributed by atoms with van der Waals surface area (Å²) in [5, 5.41) is 9.01. The van der Waals surface area contributed by atoms with Gasteiger partial charge in [-0.1, -0.05) is 6.07 Å². The van der Waals surface area contributed by atoms with Crippen LogP contribution in [0.3, 0.4) is 0 Å². The second-order valence-electron chi connectivity index (χ2n) is 7.30. The topological polar surface area (TPSA) is 88.6 Å². The van der Waals surface area contributed by atoms with Crippen molar-refractivity contribution in [2.45, 2.75) is 38.3 Å². The number of piperidine rings is 1. The van der Waals surface area contributed by atoms with Crippen molar-refractivity contribution in [2.24, 2.45) is 17.6 Å². The molecule has 2 saturated heterocycles. The van der Waals surface area contributed by atoms with Crippen molar-refractivity contribution in [3.8, 4) is 11.8 Å². The summed E-state index contributed by atoms with van der Waals surface area (Å²) in [6.45, 7) is 3.50. The lowest BCUT2D eigenvalue weighted by atomic mass is 9.86. The van der Waals surface area contributed by atoms with E-state index in [2.05, 4.69) is 11.0 Å². The summed E-state index contributed by atoms with van der Waals surface area (Å²) < 4.78 is 11.2. The van der Waals surface area contributed by atoms with Crippen molar-refractivity contribution in [1.29, 1.82) is 5.26 Å². The molecule has 2 aliphatic rings. The first-order valence-electron chi connectivity index (χ1n) is 9.31. The second kappa shape index (κ2) is 8.52. The van der Waals surface area contributed by atoms with Crippen molar-refractivity contribution in [2.75, 3.05) is 26.8 Å². The Hall–Kier alpha value is -2.10. The van der Waals surface area contributed by atoms with Crippen LogP contribution in [0.1, 0.15) is 36.8 Å². The number of nitrogens with two attached hydrogens (primary N) is 1. The zero-order valence-electron chi connectivity index (χ0n) is 15.3. The average Bonchev–Trinajstić information content (AvgIpc) is 3.12. The number of nitriles is 1. The Labute approximate surface area is 154 Å². The third kappa shape index (κ3) is 4.35. The molecule has 0 radical (unpaired) electrons. The molecule has 0 aromatic heterocycles. The molecule has 2 aliphatic heterocycles. The average molecular weight is 357 g/mol. The highest BCUT2D eigenvalue weighted by atomic mass is 16.5. The standard InChI is InChI=1S/C20H27N3O3/c1-25-18-11-15(12-21)2-3-16(18)13-23-7-4-14(5-8-23)10-19-17(20(22)24)6-9-26-19/h2-3,11,14,17,19H,4-10,13H2,1H3,(H2,22,24)/t17-,19-/m1/s1. The van der Waals surface area contributed by atoms with E-state index in [9.17, 15) is 4.79 Å². The molecule has 6 nitrogen and oxygen atoms in total. The van der Waals surface area contributed by atoms with Gasteiger partial charge in [-0.3, -0.25) is 9.69 Å². The first-order chi connectivity index (χ1) is 12.6. The zero-order valence-corrected chi connectivity index (χ0v) is 15.3. The Morgan fingerprint density at radius 1 is 1.38 bits per heavy atom. The number of amides is 1. The maximum absolute atomic E-state index is 11.5. The number of ether oxygens (including phenoxy) is 2. The number of rotatable bonds is 6. The van der Waals surface area contributed by atoms with E-state index in [1.807, 2.05) is 12.1 Å². The summed E-state index contributed by atoms with van der Waals surface area (Å²) in [5.41, 5.74) is 7.21. The lowest BCUT2D eigenvalue weighted by molar-refractivity contribution is -0.123. The molecule has 2 heterocycles. The number of benzene rings is 1.